The highest BCUT2D eigenvalue weighted by atomic mass is 32.2. The number of anilines is 1. The molecule has 0 unspecified atom stereocenters. The summed E-state index contributed by atoms with van der Waals surface area (Å²) in [7, 11) is -4.55. The fourth-order valence-corrected chi connectivity index (χ4v) is 5.59. The highest BCUT2D eigenvalue weighted by molar-refractivity contribution is 7.86. The van der Waals surface area contributed by atoms with E-state index in [0.717, 1.165) is 5.69 Å². The van der Waals surface area contributed by atoms with Crippen LogP contribution in [-0.2, 0) is 15.5 Å². The van der Waals surface area contributed by atoms with Crippen LogP contribution in [0.15, 0.2) is 35.2 Å². The second kappa shape index (κ2) is 6.90. The molecule has 5 rings (SSSR count). The molecular formula is C23H22N4O4S. The molecule has 3 aromatic rings. The smallest absolute Gasteiger partial charge is 0.296 e. The van der Waals surface area contributed by atoms with Gasteiger partial charge >= 0.3 is 0 Å². The number of piperazine rings is 1. The van der Waals surface area contributed by atoms with Crippen LogP contribution >= 0.6 is 0 Å². The van der Waals surface area contributed by atoms with Crippen LogP contribution in [0.3, 0.4) is 0 Å². The number of carbonyl (C=O) groups excluding carboxylic acids is 1. The third-order valence-corrected chi connectivity index (χ3v) is 7.42. The zero-order chi connectivity index (χ0) is 22.8. The van der Waals surface area contributed by atoms with Crippen molar-refractivity contribution in [1.29, 1.82) is 5.26 Å². The molecule has 2 aliphatic rings. The van der Waals surface area contributed by atoms with Gasteiger partial charge in [0.05, 0.1) is 22.9 Å². The minimum Gasteiger partial charge on any atom is -0.368 e. The van der Waals surface area contributed by atoms with Crippen molar-refractivity contribution in [1.82, 2.24) is 10.3 Å². The zero-order valence-corrected chi connectivity index (χ0v) is 18.5. The van der Waals surface area contributed by atoms with E-state index in [4.69, 9.17) is 0 Å². The van der Waals surface area contributed by atoms with Crippen LogP contribution in [0.1, 0.15) is 46.6 Å². The predicted octanol–water partition coefficient (Wildman–Crippen LogP) is 2.57. The van der Waals surface area contributed by atoms with E-state index in [2.05, 4.69) is 16.4 Å². The van der Waals surface area contributed by atoms with Gasteiger partial charge < -0.3 is 15.2 Å². The molecular weight excluding hydrogens is 428 g/mol. The van der Waals surface area contributed by atoms with Gasteiger partial charge in [-0.2, -0.15) is 13.7 Å². The summed E-state index contributed by atoms with van der Waals surface area (Å²) in [5.74, 6) is -0.304. The van der Waals surface area contributed by atoms with E-state index in [1.807, 2.05) is 18.7 Å². The minimum absolute atomic E-state index is 0.252. The van der Waals surface area contributed by atoms with Gasteiger partial charge in [-0.05, 0) is 29.8 Å². The largest absolute Gasteiger partial charge is 0.368 e. The number of nitrogens with zero attached hydrogens (tertiary/aromatic N) is 2. The third kappa shape index (κ3) is 2.95. The number of hydrogen-bond acceptors (Lipinski definition) is 6. The lowest BCUT2D eigenvalue weighted by molar-refractivity contribution is 0.103. The van der Waals surface area contributed by atoms with Crippen LogP contribution in [0, 0.1) is 11.3 Å². The van der Waals surface area contributed by atoms with Crippen molar-refractivity contribution in [3.05, 3.63) is 58.3 Å². The summed E-state index contributed by atoms with van der Waals surface area (Å²) in [6.07, 6.45) is 0. The number of fused-ring (bicyclic) bond motifs is 4. The molecule has 1 saturated heterocycles. The van der Waals surface area contributed by atoms with Crippen LogP contribution in [0.5, 0.6) is 0 Å². The maximum Gasteiger partial charge on any atom is 0.296 e. The Hall–Kier alpha value is -3.19. The average Bonchev–Trinajstić information content (AvgIpc) is 3.17. The van der Waals surface area contributed by atoms with E-state index in [1.54, 1.807) is 24.3 Å². The van der Waals surface area contributed by atoms with Crippen molar-refractivity contribution < 1.29 is 17.8 Å². The molecule has 1 aliphatic heterocycles. The first kappa shape index (κ1) is 20.7. The van der Waals surface area contributed by atoms with Crippen molar-refractivity contribution in [3.63, 3.8) is 0 Å². The predicted molar refractivity (Wildman–Crippen MR) is 120 cm³/mol. The fourth-order valence-electron chi connectivity index (χ4n) is 4.87. The molecule has 2 aromatic carbocycles. The van der Waals surface area contributed by atoms with E-state index in [0.29, 0.717) is 59.5 Å². The Balaban J connectivity index is 1.79. The summed E-state index contributed by atoms with van der Waals surface area (Å²) in [5.41, 5.74) is 3.09. The number of benzene rings is 2. The number of carbonyl (C=O) groups is 1. The van der Waals surface area contributed by atoms with Crippen molar-refractivity contribution in [2.75, 3.05) is 31.1 Å². The molecule has 32 heavy (non-hydrogen) atoms. The molecule has 164 valence electrons. The summed E-state index contributed by atoms with van der Waals surface area (Å²) in [6, 6.07) is 10.3. The monoisotopic (exact) mass is 450 g/mol. The summed E-state index contributed by atoms with van der Waals surface area (Å²) >= 11 is 0. The molecule has 8 nitrogen and oxygen atoms in total. The lowest BCUT2D eigenvalue weighted by Crippen LogP contribution is -2.44. The average molecular weight is 451 g/mol. The van der Waals surface area contributed by atoms with E-state index < -0.39 is 15.5 Å². The van der Waals surface area contributed by atoms with Gasteiger partial charge in [0.25, 0.3) is 10.1 Å². The maximum atomic E-state index is 13.6. The Morgan fingerprint density at radius 1 is 1.16 bits per heavy atom. The van der Waals surface area contributed by atoms with Crippen molar-refractivity contribution in [3.8, 4) is 6.07 Å². The van der Waals surface area contributed by atoms with Gasteiger partial charge in [-0.1, -0.05) is 19.9 Å². The minimum atomic E-state index is -4.55. The maximum absolute atomic E-state index is 13.6. The quantitative estimate of drug-likeness (QED) is 0.512. The van der Waals surface area contributed by atoms with E-state index in [-0.39, 0.29) is 16.2 Å². The van der Waals surface area contributed by atoms with Crippen LogP contribution in [0.4, 0.5) is 5.69 Å². The second-order valence-electron chi connectivity index (χ2n) is 8.78. The number of rotatable bonds is 2. The van der Waals surface area contributed by atoms with Crippen LogP contribution in [-0.4, -0.2) is 49.9 Å². The highest BCUT2D eigenvalue weighted by Crippen LogP contribution is 2.46. The molecule has 1 aliphatic carbocycles. The molecule has 0 radical (unpaired) electrons. The first-order valence-corrected chi connectivity index (χ1v) is 11.8. The number of H-pyrrole nitrogens is 1. The van der Waals surface area contributed by atoms with Gasteiger partial charge in [-0.25, -0.2) is 0 Å². The highest BCUT2D eigenvalue weighted by Gasteiger charge is 2.41. The number of aromatic amines is 1. The number of ketones is 1. The summed E-state index contributed by atoms with van der Waals surface area (Å²) in [5, 5.41) is 13.1. The molecule has 0 amide bonds. The van der Waals surface area contributed by atoms with Crippen LogP contribution < -0.4 is 10.2 Å². The first-order valence-electron chi connectivity index (χ1n) is 10.4. The molecule has 0 bridgehead atoms. The van der Waals surface area contributed by atoms with Crippen molar-refractivity contribution >= 4 is 32.5 Å². The molecule has 0 atom stereocenters. The number of nitrogens with one attached hydrogen (secondary N) is 2. The Morgan fingerprint density at radius 3 is 2.53 bits per heavy atom. The molecule has 3 N–H and O–H groups in total. The second-order valence-corrected chi connectivity index (χ2v) is 10.2. The Morgan fingerprint density at radius 2 is 1.88 bits per heavy atom. The molecule has 1 fully saturated rings. The SMILES string of the molecule is CC1(C)c2cc(N3CCNCC3)c(S(=O)(=O)O)cc2C(=O)c2c1[nH]c1cc(C#N)ccc21. The Labute approximate surface area is 185 Å². The molecule has 0 spiro atoms. The van der Waals surface area contributed by atoms with Gasteiger partial charge in [0.1, 0.15) is 4.90 Å². The van der Waals surface area contributed by atoms with Gasteiger partial charge in [-0.3, -0.25) is 9.35 Å². The van der Waals surface area contributed by atoms with E-state index in [1.165, 1.54) is 6.07 Å². The zero-order valence-electron chi connectivity index (χ0n) is 17.7. The van der Waals surface area contributed by atoms with E-state index >= 15 is 0 Å². The normalized spacial score (nSPS) is 17.7. The lowest BCUT2D eigenvalue weighted by Gasteiger charge is -2.36. The summed E-state index contributed by atoms with van der Waals surface area (Å²) in [6.45, 7) is 6.52. The molecule has 0 saturated carbocycles. The van der Waals surface area contributed by atoms with Crippen molar-refractivity contribution in [2.24, 2.45) is 0 Å². The van der Waals surface area contributed by atoms with Gasteiger partial charge in [0.2, 0.25) is 0 Å². The molecule has 9 heteroatoms. The molecule has 1 aromatic heterocycles. The van der Waals surface area contributed by atoms with Crippen LogP contribution in [0.2, 0.25) is 0 Å². The van der Waals surface area contributed by atoms with Crippen molar-refractivity contribution in [2.45, 2.75) is 24.2 Å². The summed E-state index contributed by atoms with van der Waals surface area (Å²) < 4.78 is 34.6. The number of hydrogen-bond donors (Lipinski definition) is 3. The fraction of sp³-hybridized carbons (Fsp3) is 0.304. The van der Waals surface area contributed by atoms with Gasteiger partial charge in [0, 0.05) is 53.8 Å². The number of aromatic nitrogens is 1. The standard InChI is InChI=1S/C23H22N4O4S/c1-23(2)16-11-18(27-7-5-25-6-8-27)19(32(29,30)31)10-15(16)21(28)20-14-4-3-13(12-24)9-17(14)26-22(20)23/h3-4,9-11,25-26H,5-8H2,1-2H3,(H,29,30,31). The van der Waals surface area contributed by atoms with Gasteiger partial charge in [0.15, 0.2) is 5.78 Å². The molecule has 2 heterocycles. The first-order chi connectivity index (χ1) is 15.1. The number of nitriles is 1. The topological polar surface area (TPSA) is 126 Å². The van der Waals surface area contributed by atoms with Crippen LogP contribution in [0.25, 0.3) is 10.9 Å². The Bertz CT molecular complexity index is 1440. The Kier molecular flexibility index (Phi) is 4.47. The van der Waals surface area contributed by atoms with E-state index in [9.17, 15) is 23.0 Å². The van der Waals surface area contributed by atoms with Gasteiger partial charge in [-0.15, -0.1) is 0 Å². The summed E-state index contributed by atoms with van der Waals surface area (Å²) in [4.78, 5) is 18.6. The lowest BCUT2D eigenvalue weighted by atomic mass is 9.71. The third-order valence-electron chi connectivity index (χ3n) is 6.53.